The Labute approximate surface area is 65.2 Å². The summed E-state index contributed by atoms with van der Waals surface area (Å²) >= 11 is 0. The lowest BCUT2D eigenvalue weighted by Crippen LogP contribution is -2.20. The number of hydrogen-bond donors (Lipinski definition) is 1. The molecule has 0 fully saturated rings. The fourth-order valence-corrected chi connectivity index (χ4v) is 0.977. The molecule has 1 atom stereocenters. The zero-order chi connectivity index (χ0) is 7.98. The molecule has 1 N–H and O–H groups in total. The number of nitrogens with one attached hydrogen (secondary N) is 1. The molecule has 0 aromatic carbocycles. The summed E-state index contributed by atoms with van der Waals surface area (Å²) in [5.74, 6) is 0.865. The Morgan fingerprint density at radius 1 is 1.10 bits per heavy atom. The molecule has 10 heavy (non-hydrogen) atoms. The second-order valence-electron chi connectivity index (χ2n) is 3.51. The molecule has 0 aliphatic heterocycles. The van der Waals surface area contributed by atoms with Gasteiger partial charge in [-0.2, -0.15) is 0 Å². The summed E-state index contributed by atoms with van der Waals surface area (Å²) in [4.78, 5) is 0. The smallest absolute Gasteiger partial charge is 0.00357 e. The predicted molar refractivity (Wildman–Crippen MR) is 47.2 cm³/mol. The molecule has 0 aliphatic rings. The van der Waals surface area contributed by atoms with Crippen LogP contribution in [0.3, 0.4) is 0 Å². The largest absolute Gasteiger partial charge is 0.317 e. The Bertz CT molecular complexity index is 69.1. The Morgan fingerprint density at radius 3 is 2.10 bits per heavy atom. The van der Waals surface area contributed by atoms with E-state index in [-0.39, 0.29) is 0 Å². The quantitative estimate of drug-likeness (QED) is 0.623. The Morgan fingerprint density at radius 2 is 1.70 bits per heavy atom. The van der Waals surface area contributed by atoms with E-state index in [0.717, 1.165) is 5.92 Å². The van der Waals surface area contributed by atoms with Crippen LogP contribution in [-0.4, -0.2) is 13.1 Å². The maximum Gasteiger partial charge on any atom is 0.00357 e. The van der Waals surface area contributed by atoms with Crippen LogP contribution in [0, 0.1) is 5.92 Å². The molecule has 1 nitrogen and oxygen atoms in total. The van der Waals surface area contributed by atoms with E-state index in [1.54, 1.807) is 0 Å². The summed E-state index contributed by atoms with van der Waals surface area (Å²) < 4.78 is 0. The number of hydrogen-bond acceptors (Lipinski definition) is 1. The first-order chi connectivity index (χ1) is 4.66. The SMILES string of the molecule is CN[C@H](C)CCCC(C)C. The average molecular weight is 143 g/mol. The predicted octanol–water partition coefficient (Wildman–Crippen LogP) is 2.42. The fourth-order valence-electron chi connectivity index (χ4n) is 0.977. The van der Waals surface area contributed by atoms with Crippen molar-refractivity contribution >= 4 is 0 Å². The molecule has 0 aromatic rings. The highest BCUT2D eigenvalue weighted by atomic mass is 14.8. The van der Waals surface area contributed by atoms with Crippen LogP contribution in [0.15, 0.2) is 0 Å². The Balaban J connectivity index is 3.03. The van der Waals surface area contributed by atoms with Crippen molar-refractivity contribution in [3.8, 4) is 0 Å². The molecule has 0 saturated heterocycles. The summed E-state index contributed by atoms with van der Waals surface area (Å²) in [6, 6.07) is 0.693. The molecular formula is C9H21N. The van der Waals surface area contributed by atoms with E-state index in [9.17, 15) is 0 Å². The second-order valence-corrected chi connectivity index (χ2v) is 3.51. The third kappa shape index (κ3) is 6.09. The zero-order valence-corrected chi connectivity index (χ0v) is 7.78. The highest BCUT2D eigenvalue weighted by Gasteiger charge is 1.98. The van der Waals surface area contributed by atoms with Crippen molar-refractivity contribution in [1.82, 2.24) is 5.32 Å². The molecule has 62 valence electrons. The molecule has 0 unspecified atom stereocenters. The van der Waals surface area contributed by atoms with Gasteiger partial charge in [-0.1, -0.05) is 26.7 Å². The second kappa shape index (κ2) is 5.72. The van der Waals surface area contributed by atoms with Crippen molar-refractivity contribution < 1.29 is 0 Å². The molecule has 0 aliphatic carbocycles. The Kier molecular flexibility index (Phi) is 5.70. The van der Waals surface area contributed by atoms with Crippen LogP contribution in [0.25, 0.3) is 0 Å². The molecule has 0 saturated carbocycles. The highest BCUT2D eigenvalue weighted by molar-refractivity contribution is 4.57. The van der Waals surface area contributed by atoms with E-state index in [1.165, 1.54) is 19.3 Å². The van der Waals surface area contributed by atoms with Gasteiger partial charge in [0.15, 0.2) is 0 Å². The maximum absolute atomic E-state index is 3.24. The number of rotatable bonds is 5. The van der Waals surface area contributed by atoms with Gasteiger partial charge in [0.05, 0.1) is 0 Å². The summed E-state index contributed by atoms with van der Waals surface area (Å²) in [7, 11) is 2.03. The lowest BCUT2D eigenvalue weighted by molar-refractivity contribution is 0.479. The van der Waals surface area contributed by atoms with Gasteiger partial charge in [-0.15, -0.1) is 0 Å². The van der Waals surface area contributed by atoms with Gasteiger partial charge in [-0.05, 0) is 26.3 Å². The molecule has 0 rings (SSSR count). The van der Waals surface area contributed by atoms with E-state index >= 15 is 0 Å². The van der Waals surface area contributed by atoms with Gasteiger partial charge in [-0.3, -0.25) is 0 Å². The molecule has 0 heterocycles. The van der Waals surface area contributed by atoms with Crippen molar-refractivity contribution in [3.05, 3.63) is 0 Å². The van der Waals surface area contributed by atoms with Gasteiger partial charge in [0.1, 0.15) is 0 Å². The first-order valence-corrected chi connectivity index (χ1v) is 4.34. The molecule has 0 aromatic heterocycles. The van der Waals surface area contributed by atoms with Crippen LogP contribution in [0.4, 0.5) is 0 Å². The normalized spacial score (nSPS) is 14.1. The maximum atomic E-state index is 3.24. The standard InChI is InChI=1S/C9H21N/c1-8(2)6-5-7-9(3)10-4/h8-10H,5-7H2,1-4H3/t9-/m1/s1. The van der Waals surface area contributed by atoms with Gasteiger partial charge in [-0.25, -0.2) is 0 Å². The minimum absolute atomic E-state index is 0.693. The van der Waals surface area contributed by atoms with Gasteiger partial charge in [0.25, 0.3) is 0 Å². The van der Waals surface area contributed by atoms with Gasteiger partial charge >= 0.3 is 0 Å². The molecule has 0 bridgehead atoms. The molecule has 0 radical (unpaired) electrons. The van der Waals surface area contributed by atoms with Crippen LogP contribution in [0.1, 0.15) is 40.0 Å². The minimum atomic E-state index is 0.693. The minimum Gasteiger partial charge on any atom is -0.317 e. The Hall–Kier alpha value is -0.0400. The van der Waals surface area contributed by atoms with E-state index in [2.05, 4.69) is 26.1 Å². The summed E-state index contributed by atoms with van der Waals surface area (Å²) in [6.07, 6.45) is 4.04. The summed E-state index contributed by atoms with van der Waals surface area (Å²) in [5, 5.41) is 3.24. The topological polar surface area (TPSA) is 12.0 Å². The first kappa shape index (κ1) is 9.96. The third-order valence-electron chi connectivity index (χ3n) is 1.91. The monoisotopic (exact) mass is 143 g/mol. The van der Waals surface area contributed by atoms with Crippen molar-refractivity contribution in [2.24, 2.45) is 5.92 Å². The highest BCUT2D eigenvalue weighted by Crippen LogP contribution is 2.07. The zero-order valence-electron chi connectivity index (χ0n) is 7.78. The molecule has 0 spiro atoms. The third-order valence-corrected chi connectivity index (χ3v) is 1.91. The van der Waals surface area contributed by atoms with Crippen LogP contribution in [0.5, 0.6) is 0 Å². The van der Waals surface area contributed by atoms with E-state index in [0.29, 0.717) is 6.04 Å². The summed E-state index contributed by atoms with van der Waals surface area (Å²) in [5.41, 5.74) is 0. The lowest BCUT2D eigenvalue weighted by Gasteiger charge is -2.10. The van der Waals surface area contributed by atoms with Crippen LogP contribution in [-0.2, 0) is 0 Å². The van der Waals surface area contributed by atoms with Crippen LogP contribution < -0.4 is 5.32 Å². The van der Waals surface area contributed by atoms with E-state index in [1.807, 2.05) is 7.05 Å². The van der Waals surface area contributed by atoms with Crippen LogP contribution in [0.2, 0.25) is 0 Å². The van der Waals surface area contributed by atoms with E-state index in [4.69, 9.17) is 0 Å². The molecular weight excluding hydrogens is 122 g/mol. The van der Waals surface area contributed by atoms with Crippen molar-refractivity contribution in [1.29, 1.82) is 0 Å². The summed E-state index contributed by atoms with van der Waals surface area (Å²) in [6.45, 7) is 6.80. The molecule has 1 heteroatoms. The van der Waals surface area contributed by atoms with Gasteiger partial charge < -0.3 is 5.32 Å². The lowest BCUT2D eigenvalue weighted by atomic mass is 10.0. The molecule has 0 amide bonds. The average Bonchev–Trinajstić information content (AvgIpc) is 1.87. The van der Waals surface area contributed by atoms with E-state index < -0.39 is 0 Å². The van der Waals surface area contributed by atoms with Crippen LogP contribution >= 0.6 is 0 Å². The first-order valence-electron chi connectivity index (χ1n) is 4.34. The van der Waals surface area contributed by atoms with Crippen molar-refractivity contribution in [3.63, 3.8) is 0 Å². The van der Waals surface area contributed by atoms with Crippen molar-refractivity contribution in [2.45, 2.75) is 46.1 Å². The van der Waals surface area contributed by atoms with Gasteiger partial charge in [0, 0.05) is 6.04 Å². The fraction of sp³-hybridized carbons (Fsp3) is 1.00. The van der Waals surface area contributed by atoms with Crippen molar-refractivity contribution in [2.75, 3.05) is 7.05 Å². The van der Waals surface area contributed by atoms with Gasteiger partial charge in [0.2, 0.25) is 0 Å².